The van der Waals surface area contributed by atoms with Gasteiger partial charge < -0.3 is 10.6 Å². The fraction of sp³-hybridized carbons (Fsp3) is 0.381. The second-order valence-electron chi connectivity index (χ2n) is 6.73. The minimum atomic E-state index is 0. The van der Waals surface area contributed by atoms with Gasteiger partial charge in [-0.1, -0.05) is 58.4 Å². The Hall–Kier alpha value is -1.12. The van der Waals surface area contributed by atoms with E-state index in [1.165, 1.54) is 11.1 Å². The molecule has 0 radical (unpaired) electrons. The molecule has 0 unspecified atom stereocenters. The third-order valence-corrected chi connectivity index (χ3v) is 5.30. The lowest BCUT2D eigenvalue weighted by molar-refractivity contribution is 0.198. The van der Waals surface area contributed by atoms with Gasteiger partial charge in [0, 0.05) is 43.7 Å². The molecule has 0 bridgehead atoms. The Labute approximate surface area is 188 Å². The Morgan fingerprint density at radius 3 is 2.33 bits per heavy atom. The summed E-state index contributed by atoms with van der Waals surface area (Å²) in [6.07, 6.45) is 2.28. The molecule has 27 heavy (non-hydrogen) atoms. The van der Waals surface area contributed by atoms with Crippen molar-refractivity contribution in [2.45, 2.75) is 32.0 Å². The average molecular weight is 543 g/mol. The number of nitrogens with one attached hydrogen (secondary N) is 2. The molecule has 1 saturated heterocycles. The summed E-state index contributed by atoms with van der Waals surface area (Å²) in [4.78, 5) is 6.90. The molecule has 0 amide bonds. The molecule has 6 heteroatoms. The molecule has 1 aliphatic heterocycles. The van der Waals surface area contributed by atoms with Crippen molar-refractivity contribution in [3.8, 4) is 0 Å². The number of rotatable bonds is 5. The second-order valence-corrected chi connectivity index (χ2v) is 7.65. The van der Waals surface area contributed by atoms with Crippen LogP contribution < -0.4 is 10.6 Å². The normalized spacial score (nSPS) is 15.9. The quantitative estimate of drug-likeness (QED) is 0.334. The fourth-order valence-corrected chi connectivity index (χ4v) is 3.52. The molecule has 0 saturated carbocycles. The van der Waals surface area contributed by atoms with Crippen molar-refractivity contribution >= 4 is 45.9 Å². The lowest BCUT2D eigenvalue weighted by Crippen LogP contribution is -2.48. The molecule has 0 atom stereocenters. The van der Waals surface area contributed by atoms with Crippen LogP contribution in [0, 0.1) is 0 Å². The number of hydrogen-bond acceptors (Lipinski definition) is 2. The van der Waals surface area contributed by atoms with Gasteiger partial charge in [0.1, 0.15) is 0 Å². The number of hydrogen-bond donors (Lipinski definition) is 2. The number of aliphatic imine (C=N–C) groups is 1. The smallest absolute Gasteiger partial charge is 0.191 e. The van der Waals surface area contributed by atoms with E-state index in [9.17, 15) is 0 Å². The largest absolute Gasteiger partial charge is 0.354 e. The van der Waals surface area contributed by atoms with E-state index in [0.29, 0.717) is 6.04 Å². The van der Waals surface area contributed by atoms with Crippen LogP contribution >= 0.6 is 39.9 Å². The van der Waals surface area contributed by atoms with E-state index >= 15 is 0 Å². The first-order valence-electron chi connectivity index (χ1n) is 9.21. The predicted molar refractivity (Wildman–Crippen MR) is 128 cm³/mol. The first kappa shape index (κ1) is 22.2. The topological polar surface area (TPSA) is 39.7 Å². The minimum absolute atomic E-state index is 0. The highest BCUT2D eigenvalue weighted by Gasteiger charge is 2.20. The summed E-state index contributed by atoms with van der Waals surface area (Å²) in [5, 5.41) is 6.98. The average Bonchev–Trinajstić information content (AvgIpc) is 2.69. The van der Waals surface area contributed by atoms with Crippen LogP contribution in [0.5, 0.6) is 0 Å². The molecule has 0 aliphatic carbocycles. The third-order valence-electron chi connectivity index (χ3n) is 4.77. The number of benzene rings is 2. The highest BCUT2D eigenvalue weighted by Crippen LogP contribution is 2.16. The van der Waals surface area contributed by atoms with Crippen molar-refractivity contribution in [1.29, 1.82) is 0 Å². The van der Waals surface area contributed by atoms with E-state index in [-0.39, 0.29) is 24.0 Å². The van der Waals surface area contributed by atoms with E-state index in [0.717, 1.165) is 49.5 Å². The summed E-state index contributed by atoms with van der Waals surface area (Å²) in [6, 6.07) is 19.5. The van der Waals surface area contributed by atoms with Crippen LogP contribution in [0.15, 0.2) is 64.1 Å². The predicted octanol–water partition coefficient (Wildman–Crippen LogP) is 4.40. The van der Waals surface area contributed by atoms with Gasteiger partial charge in [-0.15, -0.1) is 24.0 Å². The molecular formula is C21H28BrIN4. The van der Waals surface area contributed by atoms with Crippen LogP contribution in [0.2, 0.25) is 0 Å². The number of piperidine rings is 1. The minimum Gasteiger partial charge on any atom is -0.354 e. The maximum atomic E-state index is 4.37. The monoisotopic (exact) mass is 542 g/mol. The van der Waals surface area contributed by atoms with Gasteiger partial charge in [-0.2, -0.15) is 0 Å². The van der Waals surface area contributed by atoms with Crippen molar-refractivity contribution in [3.63, 3.8) is 0 Å². The van der Waals surface area contributed by atoms with E-state index in [2.05, 4.69) is 85.0 Å². The maximum Gasteiger partial charge on any atom is 0.191 e. The summed E-state index contributed by atoms with van der Waals surface area (Å²) in [7, 11) is 1.84. The van der Waals surface area contributed by atoms with Crippen LogP contribution in [-0.2, 0) is 13.1 Å². The van der Waals surface area contributed by atoms with Crippen LogP contribution in [-0.4, -0.2) is 37.0 Å². The summed E-state index contributed by atoms with van der Waals surface area (Å²) < 4.78 is 1.14. The van der Waals surface area contributed by atoms with Gasteiger partial charge in [0.2, 0.25) is 0 Å². The van der Waals surface area contributed by atoms with E-state index in [1.807, 2.05) is 13.1 Å². The molecular weight excluding hydrogens is 515 g/mol. The Bertz CT molecular complexity index is 698. The molecule has 1 heterocycles. The lowest BCUT2D eigenvalue weighted by Gasteiger charge is -2.33. The number of guanidine groups is 1. The van der Waals surface area contributed by atoms with Gasteiger partial charge >= 0.3 is 0 Å². The van der Waals surface area contributed by atoms with Crippen LogP contribution in [0.1, 0.15) is 24.0 Å². The van der Waals surface area contributed by atoms with E-state index < -0.39 is 0 Å². The van der Waals surface area contributed by atoms with E-state index in [4.69, 9.17) is 0 Å². The SMILES string of the molecule is CN=C(NCc1ccccc1)NC1CCN(Cc2ccc(Br)cc2)CC1.I. The van der Waals surface area contributed by atoms with Crippen LogP contribution in [0.25, 0.3) is 0 Å². The van der Waals surface area contributed by atoms with Crippen molar-refractivity contribution in [2.24, 2.45) is 4.99 Å². The first-order valence-corrected chi connectivity index (χ1v) is 10.00. The van der Waals surface area contributed by atoms with Gasteiger partial charge in [-0.25, -0.2) is 0 Å². The molecule has 4 nitrogen and oxygen atoms in total. The lowest BCUT2D eigenvalue weighted by atomic mass is 10.0. The van der Waals surface area contributed by atoms with E-state index in [1.54, 1.807) is 0 Å². The summed E-state index contributed by atoms with van der Waals surface area (Å²) in [6.45, 7) is 4.05. The zero-order valence-corrected chi connectivity index (χ0v) is 19.6. The zero-order valence-electron chi connectivity index (χ0n) is 15.7. The number of halogens is 2. The molecule has 2 N–H and O–H groups in total. The van der Waals surface area contributed by atoms with Crippen molar-refractivity contribution in [1.82, 2.24) is 15.5 Å². The fourth-order valence-electron chi connectivity index (χ4n) is 3.25. The van der Waals surface area contributed by atoms with Crippen molar-refractivity contribution < 1.29 is 0 Å². The highest BCUT2D eigenvalue weighted by atomic mass is 127. The standard InChI is InChI=1S/C21H27BrN4.HI/c1-23-21(24-15-17-5-3-2-4-6-17)25-20-11-13-26(14-12-20)16-18-7-9-19(22)10-8-18;/h2-10,20H,11-16H2,1H3,(H2,23,24,25);1H. The van der Waals surface area contributed by atoms with Gasteiger partial charge in [0.25, 0.3) is 0 Å². The Morgan fingerprint density at radius 1 is 1.04 bits per heavy atom. The van der Waals surface area contributed by atoms with Gasteiger partial charge in [-0.3, -0.25) is 9.89 Å². The molecule has 1 fully saturated rings. The molecule has 0 spiro atoms. The Morgan fingerprint density at radius 2 is 1.70 bits per heavy atom. The summed E-state index contributed by atoms with van der Waals surface area (Å²) >= 11 is 3.50. The third kappa shape index (κ3) is 7.43. The molecule has 146 valence electrons. The van der Waals surface area contributed by atoms with Gasteiger partial charge in [0.15, 0.2) is 5.96 Å². The van der Waals surface area contributed by atoms with Gasteiger partial charge in [0.05, 0.1) is 0 Å². The molecule has 3 rings (SSSR count). The van der Waals surface area contributed by atoms with Gasteiger partial charge in [-0.05, 0) is 36.1 Å². The first-order chi connectivity index (χ1) is 12.7. The maximum absolute atomic E-state index is 4.37. The molecule has 2 aromatic carbocycles. The van der Waals surface area contributed by atoms with Crippen LogP contribution in [0.3, 0.4) is 0 Å². The van der Waals surface area contributed by atoms with Crippen LogP contribution in [0.4, 0.5) is 0 Å². The molecule has 0 aromatic heterocycles. The zero-order chi connectivity index (χ0) is 18.2. The highest BCUT2D eigenvalue weighted by molar-refractivity contribution is 14.0. The molecule has 2 aromatic rings. The Balaban J connectivity index is 0.00000261. The summed E-state index contributed by atoms with van der Waals surface area (Å²) in [5.74, 6) is 0.889. The van der Waals surface area contributed by atoms with Crippen molar-refractivity contribution in [3.05, 3.63) is 70.2 Å². The summed E-state index contributed by atoms with van der Waals surface area (Å²) in [5.41, 5.74) is 2.64. The molecule has 1 aliphatic rings. The van der Waals surface area contributed by atoms with Crippen molar-refractivity contribution in [2.75, 3.05) is 20.1 Å². The number of likely N-dealkylation sites (tertiary alicyclic amines) is 1. The Kier molecular flexibility index (Phi) is 9.58. The second kappa shape index (κ2) is 11.7. The number of nitrogens with zero attached hydrogens (tertiary/aromatic N) is 2.